The third-order valence-corrected chi connectivity index (χ3v) is 4.64. The van der Waals surface area contributed by atoms with Crippen molar-refractivity contribution >= 4 is 5.82 Å². The second-order valence-corrected chi connectivity index (χ2v) is 6.80. The molecule has 1 fully saturated rings. The second-order valence-electron chi connectivity index (χ2n) is 6.80. The molecular weight excluding hydrogens is 300 g/mol. The van der Waals surface area contributed by atoms with Crippen LogP contribution in [0.1, 0.15) is 37.7 Å². The molecule has 6 nitrogen and oxygen atoms in total. The molecule has 24 heavy (non-hydrogen) atoms. The maximum atomic E-state index is 4.59. The van der Waals surface area contributed by atoms with Gasteiger partial charge in [0.05, 0.1) is 0 Å². The first kappa shape index (κ1) is 16.9. The molecule has 0 spiro atoms. The van der Waals surface area contributed by atoms with Gasteiger partial charge in [-0.3, -0.25) is 4.68 Å². The first-order chi connectivity index (χ1) is 11.6. The summed E-state index contributed by atoms with van der Waals surface area (Å²) < 4.78 is 2.00. The van der Waals surface area contributed by atoms with Gasteiger partial charge in [-0.25, -0.2) is 9.97 Å². The highest BCUT2D eigenvalue weighted by Gasteiger charge is 2.21. The lowest BCUT2D eigenvalue weighted by Crippen LogP contribution is -2.46. The molecule has 0 bridgehead atoms. The van der Waals surface area contributed by atoms with Crippen LogP contribution in [0.2, 0.25) is 0 Å². The SMILES string of the molecule is Cc1cc(N2CCC(N[C@@H](C)CCn3cccn3)CC2)nc(C)n1. The van der Waals surface area contributed by atoms with E-state index in [1.807, 2.05) is 37.0 Å². The summed E-state index contributed by atoms with van der Waals surface area (Å²) in [5.74, 6) is 1.93. The molecular formula is C18H28N6. The molecule has 1 atom stereocenters. The van der Waals surface area contributed by atoms with Crippen molar-refractivity contribution < 1.29 is 0 Å². The maximum Gasteiger partial charge on any atom is 0.132 e. The van der Waals surface area contributed by atoms with Crippen LogP contribution in [0.15, 0.2) is 24.5 Å². The number of nitrogens with zero attached hydrogens (tertiary/aromatic N) is 5. The number of aryl methyl sites for hydroxylation is 3. The lowest BCUT2D eigenvalue weighted by molar-refractivity contribution is 0.353. The van der Waals surface area contributed by atoms with Crippen LogP contribution >= 0.6 is 0 Å². The van der Waals surface area contributed by atoms with Crippen LogP contribution in [0.25, 0.3) is 0 Å². The Balaban J connectivity index is 1.44. The van der Waals surface area contributed by atoms with Gasteiger partial charge in [-0.2, -0.15) is 5.10 Å². The molecule has 3 rings (SSSR count). The molecule has 3 heterocycles. The van der Waals surface area contributed by atoms with Crippen LogP contribution < -0.4 is 10.2 Å². The number of rotatable bonds is 6. The Hall–Kier alpha value is -1.95. The van der Waals surface area contributed by atoms with Gasteiger partial charge < -0.3 is 10.2 Å². The van der Waals surface area contributed by atoms with Gasteiger partial charge in [0, 0.05) is 55.9 Å². The quantitative estimate of drug-likeness (QED) is 0.882. The predicted molar refractivity (Wildman–Crippen MR) is 96.2 cm³/mol. The number of hydrogen-bond acceptors (Lipinski definition) is 5. The van der Waals surface area contributed by atoms with Crippen molar-refractivity contribution in [3.63, 3.8) is 0 Å². The van der Waals surface area contributed by atoms with Gasteiger partial charge >= 0.3 is 0 Å². The van der Waals surface area contributed by atoms with Gasteiger partial charge in [0.1, 0.15) is 11.6 Å². The van der Waals surface area contributed by atoms with Gasteiger partial charge in [0.2, 0.25) is 0 Å². The molecule has 6 heteroatoms. The Kier molecular flexibility index (Phi) is 5.45. The number of anilines is 1. The second kappa shape index (κ2) is 7.75. The van der Waals surface area contributed by atoms with E-state index >= 15 is 0 Å². The van der Waals surface area contributed by atoms with Gasteiger partial charge in [0.15, 0.2) is 0 Å². The van der Waals surface area contributed by atoms with Gasteiger partial charge in [-0.1, -0.05) is 0 Å². The molecule has 0 aliphatic carbocycles. The van der Waals surface area contributed by atoms with Crippen LogP contribution in [0.5, 0.6) is 0 Å². The van der Waals surface area contributed by atoms with E-state index in [0.29, 0.717) is 12.1 Å². The molecule has 0 aromatic carbocycles. The molecule has 1 N–H and O–H groups in total. The van der Waals surface area contributed by atoms with Gasteiger partial charge in [-0.05, 0) is 46.1 Å². The lowest BCUT2D eigenvalue weighted by atomic mass is 10.0. The smallest absolute Gasteiger partial charge is 0.132 e. The highest BCUT2D eigenvalue weighted by atomic mass is 15.3. The Morgan fingerprint density at radius 3 is 2.71 bits per heavy atom. The van der Waals surface area contributed by atoms with Crippen molar-refractivity contribution in [1.29, 1.82) is 0 Å². The number of nitrogens with one attached hydrogen (secondary N) is 1. The van der Waals surface area contributed by atoms with Crippen molar-refractivity contribution in [2.45, 2.75) is 58.7 Å². The van der Waals surface area contributed by atoms with E-state index in [2.05, 4.69) is 38.3 Å². The molecule has 0 radical (unpaired) electrons. The van der Waals surface area contributed by atoms with Crippen molar-refractivity contribution in [3.8, 4) is 0 Å². The molecule has 2 aromatic heterocycles. The zero-order valence-corrected chi connectivity index (χ0v) is 14.9. The fourth-order valence-electron chi connectivity index (χ4n) is 3.38. The zero-order valence-electron chi connectivity index (χ0n) is 14.9. The summed E-state index contributed by atoms with van der Waals surface area (Å²) in [5.41, 5.74) is 1.05. The maximum absolute atomic E-state index is 4.59. The highest BCUT2D eigenvalue weighted by Crippen LogP contribution is 2.19. The van der Waals surface area contributed by atoms with E-state index < -0.39 is 0 Å². The number of hydrogen-bond donors (Lipinski definition) is 1. The minimum Gasteiger partial charge on any atom is -0.356 e. The molecule has 1 aliphatic heterocycles. The largest absolute Gasteiger partial charge is 0.356 e. The van der Waals surface area contributed by atoms with Crippen LogP contribution in [0.4, 0.5) is 5.82 Å². The Labute approximate surface area is 144 Å². The first-order valence-corrected chi connectivity index (χ1v) is 8.91. The Bertz CT molecular complexity index is 611. The summed E-state index contributed by atoms with van der Waals surface area (Å²) >= 11 is 0. The first-order valence-electron chi connectivity index (χ1n) is 8.91. The van der Waals surface area contributed by atoms with E-state index in [-0.39, 0.29) is 0 Å². The van der Waals surface area contributed by atoms with Gasteiger partial charge in [0.25, 0.3) is 0 Å². The average Bonchev–Trinajstić information content (AvgIpc) is 3.06. The molecule has 0 amide bonds. The lowest BCUT2D eigenvalue weighted by Gasteiger charge is -2.34. The van der Waals surface area contributed by atoms with Crippen molar-refractivity contribution in [2.24, 2.45) is 0 Å². The normalized spacial score (nSPS) is 17.2. The Morgan fingerprint density at radius 1 is 1.25 bits per heavy atom. The van der Waals surface area contributed by atoms with E-state index in [1.165, 1.54) is 0 Å². The van der Waals surface area contributed by atoms with Crippen LogP contribution in [0.3, 0.4) is 0 Å². The summed E-state index contributed by atoms with van der Waals surface area (Å²) in [6, 6.07) is 5.17. The van der Waals surface area contributed by atoms with E-state index in [1.54, 1.807) is 0 Å². The van der Waals surface area contributed by atoms with Crippen LogP contribution in [-0.4, -0.2) is 44.9 Å². The zero-order chi connectivity index (χ0) is 16.9. The monoisotopic (exact) mass is 328 g/mol. The van der Waals surface area contributed by atoms with Crippen molar-refractivity contribution in [1.82, 2.24) is 25.1 Å². The van der Waals surface area contributed by atoms with Crippen LogP contribution in [0, 0.1) is 13.8 Å². The summed E-state index contributed by atoms with van der Waals surface area (Å²) in [5, 5.41) is 8.04. The molecule has 0 saturated carbocycles. The highest BCUT2D eigenvalue weighted by molar-refractivity contribution is 5.40. The average molecular weight is 328 g/mol. The minimum absolute atomic E-state index is 0.509. The van der Waals surface area contributed by atoms with Crippen molar-refractivity contribution in [3.05, 3.63) is 36.0 Å². The topological polar surface area (TPSA) is 58.9 Å². The summed E-state index contributed by atoms with van der Waals surface area (Å²) in [6.45, 7) is 9.35. The van der Waals surface area contributed by atoms with E-state index in [9.17, 15) is 0 Å². The fraction of sp³-hybridized carbons (Fsp3) is 0.611. The minimum atomic E-state index is 0.509. The fourth-order valence-corrected chi connectivity index (χ4v) is 3.38. The van der Waals surface area contributed by atoms with Crippen molar-refractivity contribution in [2.75, 3.05) is 18.0 Å². The van der Waals surface area contributed by atoms with E-state index in [0.717, 1.165) is 56.2 Å². The molecule has 130 valence electrons. The third kappa shape index (κ3) is 4.54. The molecule has 2 aromatic rings. The summed E-state index contributed by atoms with van der Waals surface area (Å²) in [7, 11) is 0. The number of piperidine rings is 1. The Morgan fingerprint density at radius 2 is 2.04 bits per heavy atom. The van der Waals surface area contributed by atoms with E-state index in [4.69, 9.17) is 0 Å². The van der Waals surface area contributed by atoms with Crippen LogP contribution in [-0.2, 0) is 6.54 Å². The molecule has 1 saturated heterocycles. The molecule has 1 aliphatic rings. The summed E-state index contributed by atoms with van der Waals surface area (Å²) in [6.07, 6.45) is 7.29. The third-order valence-electron chi connectivity index (χ3n) is 4.64. The number of aromatic nitrogens is 4. The van der Waals surface area contributed by atoms with Gasteiger partial charge in [-0.15, -0.1) is 0 Å². The summed E-state index contributed by atoms with van der Waals surface area (Å²) in [4.78, 5) is 11.3. The molecule has 0 unspecified atom stereocenters. The standard InChI is InChI=1S/C18H28N6/c1-14(5-12-24-9-4-8-19-24)21-17-6-10-23(11-7-17)18-13-15(2)20-16(3)22-18/h4,8-9,13-14,17,21H,5-7,10-12H2,1-3H3/t14-/m0/s1. The predicted octanol–water partition coefficient (Wildman–Crippen LogP) is 2.33.